The van der Waals surface area contributed by atoms with Gasteiger partial charge in [0.25, 0.3) is 11.8 Å². The second-order valence-corrected chi connectivity index (χ2v) is 9.87. The van der Waals surface area contributed by atoms with E-state index in [4.69, 9.17) is 16.3 Å². The number of hydrogen-bond donors (Lipinski definition) is 2. The molecule has 0 bridgehead atoms. The van der Waals surface area contributed by atoms with Gasteiger partial charge in [-0.2, -0.15) is 4.31 Å². The summed E-state index contributed by atoms with van der Waals surface area (Å²) in [7, 11) is -3.93. The quantitative estimate of drug-likeness (QED) is 0.685. The fourth-order valence-corrected chi connectivity index (χ4v) is 5.67. The summed E-state index contributed by atoms with van der Waals surface area (Å²) in [5.41, 5.74) is 4.62. The topological polar surface area (TPSA) is 105 Å². The van der Waals surface area contributed by atoms with Gasteiger partial charge in [-0.3, -0.25) is 20.4 Å². The number of halogens is 1. The predicted octanol–water partition coefficient (Wildman–Crippen LogP) is 2.27. The molecule has 1 aliphatic rings. The molecule has 0 aliphatic carbocycles. The number of sulfonamides is 1. The molecule has 1 fully saturated rings. The molecular weight excluding hydrogens is 438 g/mol. The number of nitrogens with zero attached hydrogens (tertiary/aromatic N) is 1. The van der Waals surface area contributed by atoms with E-state index in [-0.39, 0.29) is 40.8 Å². The average Bonchev–Trinajstić information content (AvgIpc) is 3.20. The molecule has 29 heavy (non-hydrogen) atoms. The fourth-order valence-electron chi connectivity index (χ4n) is 2.96. The standard InChI is InChI=1S/C18H20ClN3O5S2/c1-11-9-22(10-12(2)27-11)29(25,26)16-8-13(5-6-14(16)19)17(23)20-21-18(24)15-4-3-7-28-15/h3-8,11-12H,9-10H2,1-2H3,(H,20,23)(H,21,24)/t11-,12-/m1/s1. The van der Waals surface area contributed by atoms with E-state index in [0.717, 1.165) is 0 Å². The number of ether oxygens (including phenoxy) is 1. The molecule has 1 aromatic carbocycles. The molecule has 1 aromatic heterocycles. The van der Waals surface area contributed by atoms with Crippen LogP contribution in [0.4, 0.5) is 0 Å². The first-order valence-corrected chi connectivity index (χ1v) is 11.5. The molecule has 0 unspecified atom stereocenters. The van der Waals surface area contributed by atoms with Crippen LogP contribution in [0.15, 0.2) is 40.6 Å². The number of amides is 2. The number of hydrogen-bond acceptors (Lipinski definition) is 6. The summed E-state index contributed by atoms with van der Waals surface area (Å²) >= 11 is 7.36. The first-order valence-electron chi connectivity index (χ1n) is 8.78. The minimum Gasteiger partial charge on any atom is -0.373 e. The van der Waals surface area contributed by atoms with Crippen molar-refractivity contribution < 1.29 is 22.7 Å². The number of carbonyl (C=O) groups is 2. The third-order valence-corrected chi connectivity index (χ3v) is 7.41. The Morgan fingerprint density at radius 2 is 1.79 bits per heavy atom. The van der Waals surface area contributed by atoms with Crippen LogP contribution in [0.3, 0.4) is 0 Å². The van der Waals surface area contributed by atoms with Crippen LogP contribution in [0.5, 0.6) is 0 Å². The third-order valence-electron chi connectivity index (χ3n) is 4.23. The first kappa shape index (κ1) is 21.7. The zero-order valence-corrected chi connectivity index (χ0v) is 18.1. The van der Waals surface area contributed by atoms with E-state index in [2.05, 4.69) is 10.9 Å². The number of rotatable bonds is 4. The highest BCUT2D eigenvalue weighted by Gasteiger charge is 2.33. The normalized spacial score (nSPS) is 20.2. The highest BCUT2D eigenvalue weighted by molar-refractivity contribution is 7.89. The molecule has 0 spiro atoms. The van der Waals surface area contributed by atoms with E-state index < -0.39 is 21.8 Å². The zero-order chi connectivity index (χ0) is 21.2. The van der Waals surface area contributed by atoms with Crippen molar-refractivity contribution in [3.05, 3.63) is 51.2 Å². The Hall–Kier alpha value is -1.98. The van der Waals surface area contributed by atoms with Gasteiger partial charge in [-0.25, -0.2) is 8.42 Å². The second-order valence-electron chi connectivity index (χ2n) is 6.61. The van der Waals surface area contributed by atoms with Gasteiger partial charge < -0.3 is 4.74 Å². The molecule has 8 nitrogen and oxygen atoms in total. The lowest BCUT2D eigenvalue weighted by Crippen LogP contribution is -2.48. The Kier molecular flexibility index (Phi) is 6.59. The smallest absolute Gasteiger partial charge is 0.279 e. The lowest BCUT2D eigenvalue weighted by atomic mass is 10.2. The molecule has 1 saturated heterocycles. The van der Waals surface area contributed by atoms with Gasteiger partial charge in [0.05, 0.1) is 22.1 Å². The van der Waals surface area contributed by atoms with Crippen LogP contribution in [-0.2, 0) is 14.8 Å². The molecular formula is C18H20ClN3O5S2. The van der Waals surface area contributed by atoms with Gasteiger partial charge in [-0.15, -0.1) is 11.3 Å². The summed E-state index contributed by atoms with van der Waals surface area (Å²) in [6.45, 7) is 3.96. The fraction of sp³-hybridized carbons (Fsp3) is 0.333. The average molecular weight is 458 g/mol. The minimum absolute atomic E-state index is 0.0102. The van der Waals surface area contributed by atoms with Crippen molar-refractivity contribution in [1.29, 1.82) is 0 Å². The molecule has 2 aromatic rings. The van der Waals surface area contributed by atoms with Crippen molar-refractivity contribution >= 4 is 44.8 Å². The number of benzene rings is 1. The number of nitrogens with one attached hydrogen (secondary N) is 2. The Bertz CT molecular complexity index is 1000. The molecule has 2 atom stereocenters. The zero-order valence-electron chi connectivity index (χ0n) is 15.7. The predicted molar refractivity (Wildman–Crippen MR) is 109 cm³/mol. The Morgan fingerprint density at radius 3 is 2.41 bits per heavy atom. The summed E-state index contributed by atoms with van der Waals surface area (Å²) in [6, 6.07) is 7.26. The third kappa shape index (κ3) is 4.96. The summed E-state index contributed by atoms with van der Waals surface area (Å²) in [5, 5.41) is 1.75. The van der Waals surface area contributed by atoms with E-state index in [1.54, 1.807) is 31.4 Å². The molecule has 0 radical (unpaired) electrons. The van der Waals surface area contributed by atoms with Gasteiger partial charge in [-0.1, -0.05) is 17.7 Å². The van der Waals surface area contributed by atoms with Crippen molar-refractivity contribution in [3.8, 4) is 0 Å². The van der Waals surface area contributed by atoms with E-state index in [0.29, 0.717) is 4.88 Å². The monoisotopic (exact) mass is 457 g/mol. The summed E-state index contributed by atoms with van der Waals surface area (Å²) in [5.74, 6) is -1.13. The van der Waals surface area contributed by atoms with Gasteiger partial charge >= 0.3 is 0 Å². The largest absolute Gasteiger partial charge is 0.373 e. The first-order chi connectivity index (χ1) is 13.7. The highest BCUT2D eigenvalue weighted by Crippen LogP contribution is 2.28. The lowest BCUT2D eigenvalue weighted by molar-refractivity contribution is -0.0440. The van der Waals surface area contributed by atoms with Crippen LogP contribution in [-0.4, -0.2) is 49.8 Å². The van der Waals surface area contributed by atoms with Crippen LogP contribution in [0.25, 0.3) is 0 Å². The van der Waals surface area contributed by atoms with Gasteiger partial charge in [0.15, 0.2) is 0 Å². The number of morpholine rings is 1. The van der Waals surface area contributed by atoms with Crippen LogP contribution >= 0.6 is 22.9 Å². The van der Waals surface area contributed by atoms with Crippen molar-refractivity contribution in [2.45, 2.75) is 31.0 Å². The maximum atomic E-state index is 13.1. The number of thiophene rings is 1. The Labute approximate surface area is 177 Å². The summed E-state index contributed by atoms with van der Waals surface area (Å²) in [6.07, 6.45) is -0.516. The SMILES string of the molecule is C[C@@H]1CN(S(=O)(=O)c2cc(C(=O)NNC(=O)c3cccs3)ccc2Cl)C[C@@H](C)O1. The van der Waals surface area contributed by atoms with E-state index in [9.17, 15) is 18.0 Å². The molecule has 11 heteroatoms. The molecule has 156 valence electrons. The highest BCUT2D eigenvalue weighted by atomic mass is 35.5. The maximum Gasteiger partial charge on any atom is 0.279 e. The van der Waals surface area contributed by atoms with Crippen LogP contribution < -0.4 is 10.9 Å². The van der Waals surface area contributed by atoms with Gasteiger partial charge in [-0.05, 0) is 43.5 Å². The van der Waals surface area contributed by atoms with E-state index in [1.165, 1.54) is 33.8 Å². The number of hydrazine groups is 1. The maximum absolute atomic E-state index is 13.1. The number of carbonyl (C=O) groups excluding carboxylic acids is 2. The minimum atomic E-state index is -3.93. The van der Waals surface area contributed by atoms with Crippen LogP contribution in [0.1, 0.15) is 33.9 Å². The van der Waals surface area contributed by atoms with E-state index >= 15 is 0 Å². The van der Waals surface area contributed by atoms with Crippen LogP contribution in [0.2, 0.25) is 5.02 Å². The molecule has 0 saturated carbocycles. The van der Waals surface area contributed by atoms with Crippen LogP contribution in [0, 0.1) is 0 Å². The van der Waals surface area contributed by atoms with Gasteiger partial charge in [0, 0.05) is 18.7 Å². The van der Waals surface area contributed by atoms with E-state index in [1.807, 2.05) is 0 Å². The van der Waals surface area contributed by atoms with Gasteiger partial charge in [0.1, 0.15) is 4.90 Å². The molecule has 3 rings (SSSR count). The van der Waals surface area contributed by atoms with Crippen molar-refractivity contribution in [1.82, 2.24) is 15.2 Å². The Balaban J connectivity index is 1.78. The van der Waals surface area contributed by atoms with Crippen molar-refractivity contribution in [3.63, 3.8) is 0 Å². The summed E-state index contributed by atoms with van der Waals surface area (Å²) < 4.78 is 33.0. The molecule has 2 amide bonds. The summed E-state index contributed by atoms with van der Waals surface area (Å²) in [4.78, 5) is 24.6. The molecule has 2 N–H and O–H groups in total. The molecule has 1 aliphatic heterocycles. The Morgan fingerprint density at radius 1 is 1.14 bits per heavy atom. The lowest BCUT2D eigenvalue weighted by Gasteiger charge is -2.34. The van der Waals surface area contributed by atoms with Crippen molar-refractivity contribution in [2.75, 3.05) is 13.1 Å². The second kappa shape index (κ2) is 8.80. The molecule has 2 heterocycles. The van der Waals surface area contributed by atoms with Crippen molar-refractivity contribution in [2.24, 2.45) is 0 Å². The van der Waals surface area contributed by atoms with Gasteiger partial charge in [0.2, 0.25) is 10.0 Å².